The molecule has 0 atom stereocenters. The number of hydrogen-bond donors (Lipinski definition) is 2. The fourth-order valence-corrected chi connectivity index (χ4v) is 2.59. The van der Waals surface area contributed by atoms with Crippen LogP contribution >= 0.6 is 0 Å². The van der Waals surface area contributed by atoms with Crippen molar-refractivity contribution in [3.8, 4) is 0 Å². The third-order valence-corrected chi connectivity index (χ3v) is 4.16. The Balaban J connectivity index is 2.30. The van der Waals surface area contributed by atoms with Crippen LogP contribution in [0, 0.1) is 0 Å². The smallest absolute Gasteiger partial charge is 0.0701 e. The lowest BCUT2D eigenvalue weighted by Gasteiger charge is -2.21. The molecule has 0 radical (unpaired) electrons. The van der Waals surface area contributed by atoms with Gasteiger partial charge in [0.1, 0.15) is 0 Å². The van der Waals surface area contributed by atoms with Gasteiger partial charge in [-0.1, -0.05) is 0 Å². The van der Waals surface area contributed by atoms with Crippen LogP contribution in [-0.2, 0) is 23.7 Å². The highest BCUT2D eigenvalue weighted by molar-refractivity contribution is 4.58. The highest BCUT2D eigenvalue weighted by Crippen LogP contribution is 1.93. The Hall–Kier alpha value is -0.360. The first-order chi connectivity index (χ1) is 13.4. The summed E-state index contributed by atoms with van der Waals surface area (Å²) in [6, 6.07) is 0. The number of ether oxygens (including phenoxy) is 5. The molecule has 162 valence electrons. The van der Waals surface area contributed by atoms with Crippen LogP contribution in [0.15, 0.2) is 0 Å². The second-order valence-electron chi connectivity index (χ2n) is 6.19. The maximum atomic E-state index is 9.15. The average Bonchev–Trinajstić information content (AvgIpc) is 2.67. The summed E-state index contributed by atoms with van der Waals surface area (Å²) in [4.78, 5) is 4.23. The van der Waals surface area contributed by atoms with Crippen molar-refractivity contribution in [1.82, 2.24) is 9.80 Å². The van der Waals surface area contributed by atoms with Crippen molar-refractivity contribution < 1.29 is 33.9 Å². The Labute approximate surface area is 163 Å². The van der Waals surface area contributed by atoms with Gasteiger partial charge in [-0.25, -0.2) is 0 Å². The van der Waals surface area contributed by atoms with Crippen LogP contribution in [0.2, 0.25) is 0 Å². The molecule has 0 saturated carbocycles. The first-order valence-corrected chi connectivity index (χ1v) is 9.92. The van der Waals surface area contributed by atoms with E-state index in [4.69, 9.17) is 33.9 Å². The summed E-state index contributed by atoms with van der Waals surface area (Å²) >= 11 is 0. The Bertz CT molecular complexity index is 285. The monoisotopic (exact) mass is 394 g/mol. The fourth-order valence-electron chi connectivity index (χ4n) is 2.59. The summed E-state index contributed by atoms with van der Waals surface area (Å²) in [5.41, 5.74) is 0. The fraction of sp³-hybridized carbons (Fsp3) is 1.00. The Kier molecular flexibility index (Phi) is 17.3. The molecule has 1 saturated heterocycles. The number of aliphatic hydroxyl groups excluding tert-OH is 2. The minimum Gasteiger partial charge on any atom is -0.395 e. The van der Waals surface area contributed by atoms with Gasteiger partial charge in [0, 0.05) is 39.3 Å². The average molecular weight is 395 g/mol. The topological polar surface area (TPSA) is 93.1 Å². The second kappa shape index (κ2) is 19.0. The van der Waals surface area contributed by atoms with Gasteiger partial charge >= 0.3 is 0 Å². The molecule has 1 heterocycles. The van der Waals surface area contributed by atoms with Gasteiger partial charge in [0.25, 0.3) is 0 Å². The standard InChI is InChI=1S/C18H38N2O7/c21-7-1-19-3-9-23-13-14-24-10-4-20(2-8-22)6-12-26-16-18-27-17-15-25-11-5-19/h21-22H,1-18H2. The maximum Gasteiger partial charge on any atom is 0.0701 e. The zero-order chi connectivity index (χ0) is 19.4. The minimum absolute atomic E-state index is 0.122. The number of hydrogen-bond acceptors (Lipinski definition) is 9. The van der Waals surface area contributed by atoms with Crippen molar-refractivity contribution >= 4 is 0 Å². The van der Waals surface area contributed by atoms with Gasteiger partial charge in [-0.3, -0.25) is 9.80 Å². The minimum atomic E-state index is 0.122. The van der Waals surface area contributed by atoms with Crippen LogP contribution in [0.25, 0.3) is 0 Å². The van der Waals surface area contributed by atoms with E-state index in [9.17, 15) is 0 Å². The zero-order valence-corrected chi connectivity index (χ0v) is 16.6. The molecule has 27 heavy (non-hydrogen) atoms. The lowest BCUT2D eigenvalue weighted by atomic mass is 10.4. The van der Waals surface area contributed by atoms with E-state index >= 15 is 0 Å². The van der Waals surface area contributed by atoms with Gasteiger partial charge in [-0.15, -0.1) is 0 Å². The highest BCUT2D eigenvalue weighted by atomic mass is 16.5. The van der Waals surface area contributed by atoms with Crippen molar-refractivity contribution in [3.05, 3.63) is 0 Å². The lowest BCUT2D eigenvalue weighted by Crippen LogP contribution is -2.34. The summed E-state index contributed by atoms with van der Waals surface area (Å²) in [6.45, 7) is 10.1. The molecular formula is C18H38N2O7. The Morgan fingerprint density at radius 2 is 0.704 bits per heavy atom. The van der Waals surface area contributed by atoms with Crippen LogP contribution in [-0.4, -0.2) is 139 Å². The van der Waals surface area contributed by atoms with E-state index < -0.39 is 0 Å². The van der Waals surface area contributed by atoms with Crippen molar-refractivity contribution in [2.75, 3.05) is 119 Å². The molecule has 0 amide bonds. The normalized spacial score (nSPS) is 22.9. The molecule has 1 fully saturated rings. The van der Waals surface area contributed by atoms with Gasteiger partial charge in [0.15, 0.2) is 0 Å². The Morgan fingerprint density at radius 1 is 0.444 bits per heavy atom. The van der Waals surface area contributed by atoms with Crippen LogP contribution in [0.5, 0.6) is 0 Å². The summed E-state index contributed by atoms with van der Waals surface area (Å²) in [5, 5.41) is 18.3. The van der Waals surface area contributed by atoms with Gasteiger partial charge < -0.3 is 33.9 Å². The molecule has 0 spiro atoms. The molecule has 0 aromatic carbocycles. The summed E-state index contributed by atoms with van der Waals surface area (Å²) in [5.74, 6) is 0. The van der Waals surface area contributed by atoms with E-state index in [0.29, 0.717) is 79.2 Å². The number of aliphatic hydroxyl groups is 2. The van der Waals surface area contributed by atoms with Gasteiger partial charge in [-0.05, 0) is 0 Å². The summed E-state index contributed by atoms with van der Waals surface area (Å²) < 4.78 is 27.8. The van der Waals surface area contributed by atoms with E-state index in [1.165, 1.54) is 0 Å². The predicted octanol–water partition coefficient (Wildman–Crippen LogP) is -1.33. The lowest BCUT2D eigenvalue weighted by molar-refractivity contribution is 0.00484. The quantitative estimate of drug-likeness (QED) is 0.602. The van der Waals surface area contributed by atoms with E-state index in [1.54, 1.807) is 0 Å². The van der Waals surface area contributed by atoms with E-state index in [-0.39, 0.29) is 13.2 Å². The number of rotatable bonds is 4. The predicted molar refractivity (Wildman–Crippen MR) is 101 cm³/mol. The van der Waals surface area contributed by atoms with Crippen LogP contribution in [0.1, 0.15) is 0 Å². The molecule has 0 aromatic rings. The molecule has 2 N–H and O–H groups in total. The molecule has 0 bridgehead atoms. The van der Waals surface area contributed by atoms with Gasteiger partial charge in [0.05, 0.1) is 79.3 Å². The third kappa shape index (κ3) is 15.3. The molecule has 9 nitrogen and oxygen atoms in total. The first-order valence-electron chi connectivity index (χ1n) is 9.92. The van der Waals surface area contributed by atoms with E-state index in [0.717, 1.165) is 26.2 Å². The van der Waals surface area contributed by atoms with Crippen LogP contribution < -0.4 is 0 Å². The van der Waals surface area contributed by atoms with Crippen molar-refractivity contribution in [3.63, 3.8) is 0 Å². The summed E-state index contributed by atoms with van der Waals surface area (Å²) in [7, 11) is 0. The highest BCUT2D eigenvalue weighted by Gasteiger charge is 2.06. The SMILES string of the molecule is OCCN1CCOCCOCCOCCN(CCO)CCOCCOCC1. The molecular weight excluding hydrogens is 356 g/mol. The third-order valence-electron chi connectivity index (χ3n) is 4.16. The first kappa shape index (κ1) is 24.7. The molecule has 1 rings (SSSR count). The zero-order valence-electron chi connectivity index (χ0n) is 16.6. The molecule has 1 aliphatic heterocycles. The van der Waals surface area contributed by atoms with Gasteiger partial charge in [0.2, 0.25) is 0 Å². The molecule has 9 heteroatoms. The number of β-amino-alcohol motifs (C(OH)–C–C–N with tert-alkyl or cyclic N) is 2. The van der Waals surface area contributed by atoms with Crippen molar-refractivity contribution in [2.24, 2.45) is 0 Å². The van der Waals surface area contributed by atoms with Crippen molar-refractivity contribution in [1.29, 1.82) is 0 Å². The molecule has 0 aromatic heterocycles. The van der Waals surface area contributed by atoms with Gasteiger partial charge in [-0.2, -0.15) is 0 Å². The molecule has 0 aliphatic carbocycles. The van der Waals surface area contributed by atoms with Crippen molar-refractivity contribution in [2.45, 2.75) is 0 Å². The Morgan fingerprint density at radius 3 is 0.963 bits per heavy atom. The maximum absolute atomic E-state index is 9.15. The second-order valence-corrected chi connectivity index (χ2v) is 6.19. The van der Waals surface area contributed by atoms with E-state index in [1.807, 2.05) is 0 Å². The summed E-state index contributed by atoms with van der Waals surface area (Å²) in [6.07, 6.45) is 0. The number of nitrogens with zero attached hydrogens (tertiary/aromatic N) is 2. The van der Waals surface area contributed by atoms with Crippen LogP contribution in [0.3, 0.4) is 0 Å². The largest absolute Gasteiger partial charge is 0.395 e. The van der Waals surface area contributed by atoms with Crippen LogP contribution in [0.4, 0.5) is 0 Å². The van der Waals surface area contributed by atoms with E-state index in [2.05, 4.69) is 9.80 Å². The molecule has 0 unspecified atom stereocenters. The molecule has 1 aliphatic rings.